The molecule has 2 heteroatoms. The Morgan fingerprint density at radius 1 is 0.857 bits per heavy atom. The van der Waals surface area contributed by atoms with Crippen molar-refractivity contribution in [3.8, 4) is 11.1 Å². The van der Waals surface area contributed by atoms with Gasteiger partial charge in [-0.2, -0.15) is 0 Å². The Morgan fingerprint density at radius 2 is 1.57 bits per heavy atom. The van der Waals surface area contributed by atoms with E-state index < -0.39 is 0 Å². The molecule has 0 amide bonds. The number of rotatable bonds is 1. The van der Waals surface area contributed by atoms with E-state index in [-0.39, 0.29) is 0 Å². The van der Waals surface area contributed by atoms with Crippen molar-refractivity contribution in [2.45, 2.75) is 0 Å². The van der Waals surface area contributed by atoms with Crippen LogP contribution in [0.25, 0.3) is 11.1 Å². The number of hydrogen-bond donors (Lipinski definition) is 2. The third-order valence-corrected chi connectivity index (χ3v) is 2.15. The molecule has 4 N–H and O–H groups in total. The lowest BCUT2D eigenvalue weighted by Crippen LogP contribution is -1.93. The lowest BCUT2D eigenvalue weighted by Gasteiger charge is -2.07. The second-order valence-corrected chi connectivity index (χ2v) is 3.10. The molecule has 2 rings (SSSR count). The molecule has 0 aromatic heterocycles. The first-order chi connectivity index (χ1) is 6.79. The summed E-state index contributed by atoms with van der Waals surface area (Å²) in [6.45, 7) is 0. The van der Waals surface area contributed by atoms with Crippen LogP contribution in [0, 0.1) is 6.07 Å². The summed E-state index contributed by atoms with van der Waals surface area (Å²) < 4.78 is 0. The van der Waals surface area contributed by atoms with Gasteiger partial charge >= 0.3 is 0 Å². The molecule has 2 aromatic carbocycles. The number of anilines is 2. The first kappa shape index (κ1) is 8.63. The van der Waals surface area contributed by atoms with Gasteiger partial charge in [0, 0.05) is 22.5 Å². The van der Waals surface area contributed by atoms with Crippen molar-refractivity contribution in [3.05, 3.63) is 48.5 Å². The van der Waals surface area contributed by atoms with Gasteiger partial charge in [0.05, 0.1) is 0 Å². The van der Waals surface area contributed by atoms with Crippen LogP contribution in [0.2, 0.25) is 0 Å². The summed E-state index contributed by atoms with van der Waals surface area (Å²) in [5, 5.41) is 0. The Labute approximate surface area is 83.2 Å². The molecule has 2 aromatic rings. The van der Waals surface area contributed by atoms with Crippen LogP contribution in [0.5, 0.6) is 0 Å². The van der Waals surface area contributed by atoms with Gasteiger partial charge in [-0.1, -0.05) is 24.3 Å². The normalized spacial score (nSPS) is 10.0. The van der Waals surface area contributed by atoms with Crippen LogP contribution in [0.15, 0.2) is 42.5 Å². The lowest BCUT2D eigenvalue weighted by molar-refractivity contribution is 1.60. The fourth-order valence-corrected chi connectivity index (χ4v) is 1.42. The van der Waals surface area contributed by atoms with Crippen molar-refractivity contribution in [1.29, 1.82) is 0 Å². The Bertz CT molecular complexity index is 406. The summed E-state index contributed by atoms with van der Waals surface area (Å²) in [5.74, 6) is 0. The molecule has 0 heterocycles. The van der Waals surface area contributed by atoms with E-state index in [0.29, 0.717) is 0 Å². The summed E-state index contributed by atoms with van der Waals surface area (Å²) in [4.78, 5) is 0. The highest BCUT2D eigenvalue weighted by Crippen LogP contribution is 2.29. The van der Waals surface area contributed by atoms with E-state index in [1.165, 1.54) is 0 Å². The SMILES string of the molecule is Nc1cc[c]cc1-c1ccccc1N. The van der Waals surface area contributed by atoms with E-state index in [1.54, 1.807) is 6.07 Å². The molecule has 0 aliphatic heterocycles. The Morgan fingerprint density at radius 3 is 2.29 bits per heavy atom. The maximum atomic E-state index is 5.85. The van der Waals surface area contributed by atoms with Crippen molar-refractivity contribution < 1.29 is 0 Å². The molecule has 0 unspecified atom stereocenters. The van der Waals surface area contributed by atoms with Gasteiger partial charge in [-0.05, 0) is 24.3 Å². The third-order valence-electron chi connectivity index (χ3n) is 2.15. The molecule has 69 valence electrons. The van der Waals surface area contributed by atoms with E-state index in [9.17, 15) is 0 Å². The monoisotopic (exact) mass is 183 g/mol. The number of nitrogen functional groups attached to an aromatic ring is 2. The van der Waals surface area contributed by atoms with Gasteiger partial charge in [-0.15, -0.1) is 0 Å². The summed E-state index contributed by atoms with van der Waals surface area (Å²) >= 11 is 0. The molecule has 0 bridgehead atoms. The zero-order chi connectivity index (χ0) is 9.97. The molecule has 0 saturated carbocycles. The third kappa shape index (κ3) is 1.42. The van der Waals surface area contributed by atoms with Gasteiger partial charge in [0.25, 0.3) is 0 Å². The predicted molar refractivity (Wildman–Crippen MR) is 59.5 cm³/mol. The topological polar surface area (TPSA) is 52.0 Å². The zero-order valence-electron chi connectivity index (χ0n) is 7.70. The van der Waals surface area contributed by atoms with Crippen LogP contribution >= 0.6 is 0 Å². The van der Waals surface area contributed by atoms with Crippen LogP contribution in [-0.4, -0.2) is 0 Å². The lowest BCUT2D eigenvalue weighted by atomic mass is 10.0. The molecule has 1 radical (unpaired) electrons. The number of hydrogen-bond acceptors (Lipinski definition) is 2. The summed E-state index contributed by atoms with van der Waals surface area (Å²) in [6.07, 6.45) is 0. The van der Waals surface area contributed by atoms with Crippen LogP contribution in [0.4, 0.5) is 11.4 Å². The molecule has 0 aliphatic rings. The smallest absolute Gasteiger partial charge is 0.0394 e. The molecule has 0 saturated heterocycles. The van der Waals surface area contributed by atoms with Crippen LogP contribution in [0.3, 0.4) is 0 Å². The molecular weight excluding hydrogens is 172 g/mol. The second kappa shape index (κ2) is 3.42. The van der Waals surface area contributed by atoms with Crippen LogP contribution < -0.4 is 11.5 Å². The van der Waals surface area contributed by atoms with Crippen LogP contribution in [0.1, 0.15) is 0 Å². The minimum absolute atomic E-state index is 0.724. The second-order valence-electron chi connectivity index (χ2n) is 3.10. The minimum Gasteiger partial charge on any atom is -0.398 e. The first-order valence-corrected chi connectivity index (χ1v) is 4.39. The average molecular weight is 183 g/mol. The fraction of sp³-hybridized carbons (Fsp3) is 0. The molecule has 0 aliphatic carbocycles. The predicted octanol–water partition coefficient (Wildman–Crippen LogP) is 2.32. The Hall–Kier alpha value is -1.96. The largest absolute Gasteiger partial charge is 0.398 e. The van der Waals surface area contributed by atoms with Gasteiger partial charge in [0.2, 0.25) is 0 Å². The highest BCUT2D eigenvalue weighted by atomic mass is 14.6. The van der Waals surface area contributed by atoms with Crippen molar-refractivity contribution in [3.63, 3.8) is 0 Å². The highest BCUT2D eigenvalue weighted by molar-refractivity contribution is 5.83. The van der Waals surface area contributed by atoms with Crippen molar-refractivity contribution in [2.75, 3.05) is 11.5 Å². The summed E-state index contributed by atoms with van der Waals surface area (Å²) in [6, 6.07) is 16.1. The fourth-order valence-electron chi connectivity index (χ4n) is 1.42. The maximum absolute atomic E-state index is 5.85. The van der Waals surface area contributed by atoms with E-state index in [1.807, 2.05) is 36.4 Å². The molecule has 0 spiro atoms. The van der Waals surface area contributed by atoms with E-state index in [2.05, 4.69) is 6.07 Å². The van der Waals surface area contributed by atoms with Crippen molar-refractivity contribution in [1.82, 2.24) is 0 Å². The quantitative estimate of drug-likeness (QED) is 0.666. The van der Waals surface area contributed by atoms with Crippen LogP contribution in [-0.2, 0) is 0 Å². The summed E-state index contributed by atoms with van der Waals surface area (Å²) in [5.41, 5.74) is 15.1. The maximum Gasteiger partial charge on any atom is 0.0394 e. The van der Waals surface area contributed by atoms with Gasteiger partial charge < -0.3 is 11.5 Å². The number of para-hydroxylation sites is 1. The van der Waals surface area contributed by atoms with E-state index in [4.69, 9.17) is 11.5 Å². The number of nitrogens with two attached hydrogens (primary N) is 2. The standard InChI is InChI=1S/C12H11N2/c13-11-7-3-1-5-9(11)10-6-2-4-8-12(10)14/h1,3-8H,13-14H2. The van der Waals surface area contributed by atoms with Gasteiger partial charge in [-0.3, -0.25) is 0 Å². The molecule has 14 heavy (non-hydrogen) atoms. The van der Waals surface area contributed by atoms with Crippen molar-refractivity contribution >= 4 is 11.4 Å². The van der Waals surface area contributed by atoms with E-state index >= 15 is 0 Å². The van der Waals surface area contributed by atoms with Gasteiger partial charge in [0.15, 0.2) is 0 Å². The first-order valence-electron chi connectivity index (χ1n) is 4.39. The van der Waals surface area contributed by atoms with E-state index in [0.717, 1.165) is 22.5 Å². The van der Waals surface area contributed by atoms with Crippen molar-refractivity contribution in [2.24, 2.45) is 0 Å². The minimum atomic E-state index is 0.724. The molecule has 0 fully saturated rings. The average Bonchev–Trinajstić information content (AvgIpc) is 2.20. The Kier molecular flexibility index (Phi) is 2.11. The zero-order valence-corrected chi connectivity index (χ0v) is 7.70. The van der Waals surface area contributed by atoms with Gasteiger partial charge in [-0.25, -0.2) is 0 Å². The Balaban J connectivity index is 2.61. The molecular formula is C12H11N2. The summed E-state index contributed by atoms with van der Waals surface area (Å²) in [7, 11) is 0. The number of benzene rings is 2. The highest BCUT2D eigenvalue weighted by Gasteiger charge is 2.03. The molecule has 0 atom stereocenters. The van der Waals surface area contributed by atoms with Gasteiger partial charge in [0.1, 0.15) is 0 Å². The molecule has 2 nitrogen and oxygen atoms in total.